The van der Waals surface area contributed by atoms with Crippen LogP contribution < -0.4 is 5.32 Å². The zero-order valence-electron chi connectivity index (χ0n) is 11.0. The van der Waals surface area contributed by atoms with E-state index in [1.165, 1.54) is 0 Å². The van der Waals surface area contributed by atoms with Crippen LogP contribution in [0.25, 0.3) is 0 Å². The van der Waals surface area contributed by atoms with E-state index in [0.717, 1.165) is 6.42 Å². The molecule has 102 valence electrons. The largest absolute Gasteiger partial charge is 0.444 e. The molecule has 0 aliphatic carbocycles. The van der Waals surface area contributed by atoms with Gasteiger partial charge in [-0.3, -0.25) is 4.79 Å². The minimum absolute atomic E-state index is 0.219. The van der Waals surface area contributed by atoms with E-state index in [1.807, 2.05) is 0 Å². The Kier molecular flexibility index (Phi) is 5.41. The highest BCUT2D eigenvalue weighted by Gasteiger charge is 2.22. The lowest BCUT2D eigenvalue weighted by Gasteiger charge is -2.24. The fourth-order valence-corrected chi connectivity index (χ4v) is 1.79. The van der Waals surface area contributed by atoms with Crippen LogP contribution in [0.15, 0.2) is 21.2 Å². The summed E-state index contributed by atoms with van der Waals surface area (Å²) in [6.45, 7) is 6.16. The predicted octanol–water partition coefficient (Wildman–Crippen LogP) is 2.96. The Labute approximate surface area is 116 Å². The Morgan fingerprint density at radius 3 is 2.72 bits per heavy atom. The molecule has 1 amide bonds. The van der Waals surface area contributed by atoms with Crippen LogP contribution in [0.4, 0.5) is 0 Å². The lowest BCUT2D eigenvalue weighted by molar-refractivity contribution is 0.0423. The third kappa shape index (κ3) is 5.23. The second-order valence-corrected chi connectivity index (χ2v) is 6.00. The lowest BCUT2D eigenvalue weighted by atomic mass is 9.95. The molecule has 2 N–H and O–H groups in total. The summed E-state index contributed by atoms with van der Waals surface area (Å²) in [6.07, 6.45) is 1.59. The van der Waals surface area contributed by atoms with Crippen LogP contribution in [0.3, 0.4) is 0 Å². The summed E-state index contributed by atoms with van der Waals surface area (Å²) in [5.74, 6) is 0.459. The Bertz CT molecular complexity index is 399. The molecule has 1 unspecified atom stereocenters. The maximum absolute atomic E-state index is 11.7. The molecule has 0 aliphatic rings. The Morgan fingerprint density at radius 1 is 1.56 bits per heavy atom. The molecule has 0 saturated carbocycles. The van der Waals surface area contributed by atoms with Gasteiger partial charge in [-0.1, -0.05) is 13.8 Å². The third-order valence-electron chi connectivity index (χ3n) is 2.69. The van der Waals surface area contributed by atoms with E-state index in [9.17, 15) is 9.90 Å². The average molecular weight is 318 g/mol. The molecule has 0 radical (unpaired) electrons. The van der Waals surface area contributed by atoms with Crippen molar-refractivity contribution >= 4 is 21.8 Å². The normalized spacial score (nSPS) is 14.6. The predicted molar refractivity (Wildman–Crippen MR) is 73.4 cm³/mol. The van der Waals surface area contributed by atoms with E-state index in [-0.39, 0.29) is 18.2 Å². The molecule has 0 saturated heterocycles. The van der Waals surface area contributed by atoms with Gasteiger partial charge in [0.2, 0.25) is 0 Å². The van der Waals surface area contributed by atoms with E-state index < -0.39 is 5.60 Å². The smallest absolute Gasteiger partial charge is 0.287 e. The molecule has 1 atom stereocenters. The van der Waals surface area contributed by atoms with Gasteiger partial charge in [-0.2, -0.15) is 0 Å². The maximum Gasteiger partial charge on any atom is 0.287 e. The van der Waals surface area contributed by atoms with Gasteiger partial charge in [0.1, 0.15) is 0 Å². The molecule has 18 heavy (non-hydrogen) atoms. The monoisotopic (exact) mass is 317 g/mol. The van der Waals surface area contributed by atoms with E-state index in [1.54, 1.807) is 19.1 Å². The molecule has 0 aliphatic heterocycles. The van der Waals surface area contributed by atoms with Crippen LogP contribution in [-0.4, -0.2) is 23.2 Å². The zero-order chi connectivity index (χ0) is 13.8. The maximum atomic E-state index is 11.7. The molecular weight excluding hydrogens is 298 g/mol. The Hall–Kier alpha value is -0.810. The van der Waals surface area contributed by atoms with Crippen LogP contribution in [0.1, 0.15) is 44.2 Å². The molecule has 1 rings (SSSR count). The Morgan fingerprint density at radius 2 is 2.22 bits per heavy atom. The first-order valence-corrected chi connectivity index (χ1v) is 6.85. The molecular formula is C13H20BrNO3. The summed E-state index contributed by atoms with van der Waals surface area (Å²) in [7, 11) is 0. The van der Waals surface area contributed by atoms with E-state index >= 15 is 0 Å². The second kappa shape index (κ2) is 6.38. The van der Waals surface area contributed by atoms with E-state index in [4.69, 9.17) is 4.42 Å². The quantitative estimate of drug-likeness (QED) is 0.848. The van der Waals surface area contributed by atoms with Gasteiger partial charge in [0, 0.05) is 6.54 Å². The minimum atomic E-state index is -0.885. The molecule has 1 aromatic rings. The average Bonchev–Trinajstić information content (AvgIpc) is 2.70. The van der Waals surface area contributed by atoms with Crippen molar-refractivity contribution in [2.24, 2.45) is 5.92 Å². The summed E-state index contributed by atoms with van der Waals surface area (Å²) in [5, 5.41) is 12.8. The number of amides is 1. The van der Waals surface area contributed by atoms with E-state index in [0.29, 0.717) is 17.0 Å². The van der Waals surface area contributed by atoms with Crippen LogP contribution in [-0.2, 0) is 0 Å². The topological polar surface area (TPSA) is 62.5 Å². The van der Waals surface area contributed by atoms with Crippen molar-refractivity contribution < 1.29 is 14.3 Å². The third-order valence-corrected chi connectivity index (χ3v) is 3.11. The highest BCUT2D eigenvalue weighted by atomic mass is 79.9. The van der Waals surface area contributed by atoms with Crippen molar-refractivity contribution in [1.82, 2.24) is 5.32 Å². The van der Waals surface area contributed by atoms with Crippen molar-refractivity contribution in [1.29, 1.82) is 0 Å². The molecule has 4 nitrogen and oxygen atoms in total. The highest BCUT2D eigenvalue weighted by molar-refractivity contribution is 9.10. The lowest BCUT2D eigenvalue weighted by Crippen LogP contribution is -2.40. The number of carbonyl (C=O) groups excluding carboxylic acids is 1. The van der Waals surface area contributed by atoms with E-state index in [2.05, 4.69) is 35.1 Å². The summed E-state index contributed by atoms with van der Waals surface area (Å²) < 4.78 is 5.64. The number of nitrogens with one attached hydrogen (secondary N) is 1. The van der Waals surface area contributed by atoms with Gasteiger partial charge in [0.15, 0.2) is 10.4 Å². The van der Waals surface area contributed by atoms with Crippen LogP contribution >= 0.6 is 15.9 Å². The Balaban J connectivity index is 2.42. The SMILES string of the molecule is CC(C)CCC(C)(O)CNC(=O)c1ccc(Br)o1. The van der Waals surface area contributed by atoms with Crippen LogP contribution in [0.2, 0.25) is 0 Å². The van der Waals surface area contributed by atoms with Gasteiger partial charge < -0.3 is 14.8 Å². The number of aliphatic hydroxyl groups is 1. The van der Waals surface area contributed by atoms with Crippen molar-refractivity contribution in [3.63, 3.8) is 0 Å². The number of furan rings is 1. The minimum Gasteiger partial charge on any atom is -0.444 e. The van der Waals surface area contributed by atoms with Gasteiger partial charge in [0.05, 0.1) is 5.60 Å². The van der Waals surface area contributed by atoms with Gasteiger partial charge in [0.25, 0.3) is 5.91 Å². The van der Waals surface area contributed by atoms with Crippen LogP contribution in [0.5, 0.6) is 0 Å². The first-order valence-electron chi connectivity index (χ1n) is 6.06. The van der Waals surface area contributed by atoms with Gasteiger partial charge in [-0.05, 0) is 53.7 Å². The number of hydrogen-bond acceptors (Lipinski definition) is 3. The van der Waals surface area contributed by atoms with Crippen LogP contribution in [0, 0.1) is 5.92 Å². The first kappa shape index (κ1) is 15.2. The first-order chi connectivity index (χ1) is 8.30. The van der Waals surface area contributed by atoms with Crippen molar-refractivity contribution in [3.05, 3.63) is 22.6 Å². The highest BCUT2D eigenvalue weighted by Crippen LogP contribution is 2.17. The van der Waals surface area contributed by atoms with Crippen molar-refractivity contribution in [2.45, 2.75) is 39.2 Å². The fraction of sp³-hybridized carbons (Fsp3) is 0.615. The van der Waals surface area contributed by atoms with Crippen molar-refractivity contribution in [3.8, 4) is 0 Å². The summed E-state index contributed by atoms with van der Waals surface area (Å²) in [5.41, 5.74) is -0.885. The number of rotatable bonds is 6. The molecule has 0 spiro atoms. The molecule has 0 fully saturated rings. The molecule has 0 bridgehead atoms. The number of hydrogen-bond donors (Lipinski definition) is 2. The summed E-state index contributed by atoms with van der Waals surface area (Å²) in [6, 6.07) is 3.24. The van der Waals surface area contributed by atoms with Crippen molar-refractivity contribution in [2.75, 3.05) is 6.54 Å². The number of carbonyl (C=O) groups is 1. The standard InChI is InChI=1S/C13H20BrNO3/c1-9(2)6-7-13(3,17)8-15-12(16)10-4-5-11(14)18-10/h4-5,9,17H,6-8H2,1-3H3,(H,15,16). The van der Waals surface area contributed by atoms with Gasteiger partial charge >= 0.3 is 0 Å². The summed E-state index contributed by atoms with van der Waals surface area (Å²) in [4.78, 5) is 11.7. The second-order valence-electron chi connectivity index (χ2n) is 5.22. The molecule has 0 aromatic carbocycles. The zero-order valence-corrected chi connectivity index (χ0v) is 12.6. The fourth-order valence-electron chi connectivity index (χ4n) is 1.48. The molecule has 5 heteroatoms. The van der Waals surface area contributed by atoms with Gasteiger partial charge in [-0.15, -0.1) is 0 Å². The molecule has 1 heterocycles. The molecule has 1 aromatic heterocycles. The number of halogens is 1. The van der Waals surface area contributed by atoms with Gasteiger partial charge in [-0.25, -0.2) is 0 Å². The summed E-state index contributed by atoms with van der Waals surface area (Å²) >= 11 is 3.14.